The fourth-order valence-electron chi connectivity index (χ4n) is 7.54. The number of hydrogen-bond acceptors (Lipinski definition) is 15. The topological polar surface area (TPSA) is 207 Å². The van der Waals surface area contributed by atoms with Gasteiger partial charge in [0, 0.05) is 77.0 Å². The monoisotopic (exact) mass is 864 g/mol. The zero-order valence-corrected chi connectivity index (χ0v) is 37.6. The van der Waals surface area contributed by atoms with Crippen molar-refractivity contribution in [3.05, 3.63) is 60.9 Å². The van der Waals surface area contributed by atoms with Gasteiger partial charge in [0.2, 0.25) is 24.1 Å². The fourth-order valence-corrected chi connectivity index (χ4v) is 7.54. The van der Waals surface area contributed by atoms with E-state index in [1.54, 1.807) is 53.7 Å². The van der Waals surface area contributed by atoms with Gasteiger partial charge in [0.15, 0.2) is 17.2 Å². The highest BCUT2D eigenvalue weighted by Gasteiger charge is 2.34. The van der Waals surface area contributed by atoms with Crippen LogP contribution in [-0.4, -0.2) is 108 Å². The van der Waals surface area contributed by atoms with Crippen LogP contribution >= 0.6 is 0 Å². The number of oxazole rings is 3. The van der Waals surface area contributed by atoms with Crippen molar-refractivity contribution in [2.45, 2.75) is 117 Å². The van der Waals surface area contributed by atoms with Crippen LogP contribution in [-0.2, 0) is 38.1 Å². The van der Waals surface area contributed by atoms with Gasteiger partial charge in [-0.2, -0.15) is 0 Å². The maximum atomic E-state index is 13.5. The molecule has 16 heteroatoms. The first-order valence-electron chi connectivity index (χ1n) is 21.2. The Morgan fingerprint density at radius 3 is 2.29 bits per heavy atom. The molecule has 11 atom stereocenters. The van der Waals surface area contributed by atoms with Crippen molar-refractivity contribution in [3.8, 4) is 23.2 Å². The molecule has 0 unspecified atom stereocenters. The van der Waals surface area contributed by atoms with Gasteiger partial charge in [0.25, 0.3) is 0 Å². The third-order valence-electron chi connectivity index (χ3n) is 12.0. The third kappa shape index (κ3) is 13.7. The Hall–Kier alpha value is -5.03. The first-order chi connectivity index (χ1) is 29.6. The maximum Gasteiger partial charge on any atom is 0.308 e. The SMILES string of the molecule is CO[C@H]([C@H](C)/C=C/N(C)C=O)[C@@H](C)C(=O)CC[C@H](C)[C@H](C[C@@H]1OC(=O)C[C@@H](O)C/C=C/C(=O)[C@H](C)[C@H](C)c2coc(n2)-c2coc(n2)-c2coc(n2)/C=C/C[C@H](OC)[C@H]1C)OC. The minimum absolute atomic E-state index is 0.0365. The highest BCUT2D eigenvalue weighted by atomic mass is 16.6. The summed E-state index contributed by atoms with van der Waals surface area (Å²) in [7, 11) is 6.38. The number of cyclic esters (lactones) is 1. The number of allylic oxidation sites excluding steroid dienone is 1. The highest BCUT2D eigenvalue weighted by Crippen LogP contribution is 2.31. The summed E-state index contributed by atoms with van der Waals surface area (Å²) in [6.45, 7) is 11.4. The smallest absolute Gasteiger partial charge is 0.308 e. The lowest BCUT2D eigenvalue weighted by Gasteiger charge is -2.33. The zero-order valence-electron chi connectivity index (χ0n) is 37.6. The van der Waals surface area contributed by atoms with Gasteiger partial charge in [-0.25, -0.2) is 15.0 Å². The van der Waals surface area contributed by atoms with E-state index < -0.39 is 42.2 Å². The Kier molecular flexibility index (Phi) is 19.2. The number of amides is 1. The Morgan fingerprint density at radius 1 is 0.919 bits per heavy atom. The number of fused-ring (bicyclic) bond motifs is 8. The molecule has 0 spiro atoms. The molecule has 4 rings (SSSR count). The molecule has 340 valence electrons. The lowest BCUT2D eigenvalue weighted by atomic mass is 9.84. The Labute approximate surface area is 364 Å². The normalized spacial score (nSPS) is 25.4. The van der Waals surface area contributed by atoms with Crippen molar-refractivity contribution in [1.82, 2.24) is 19.9 Å². The van der Waals surface area contributed by atoms with E-state index in [2.05, 4.69) is 15.0 Å². The number of aromatic nitrogens is 3. The van der Waals surface area contributed by atoms with E-state index in [0.717, 1.165) is 0 Å². The number of Topliss-reactive ketones (excluding diaryl/α,β-unsaturated/α-hetero) is 1. The summed E-state index contributed by atoms with van der Waals surface area (Å²) in [6.07, 6.45) is 13.2. The van der Waals surface area contributed by atoms with Crippen molar-refractivity contribution in [1.29, 1.82) is 0 Å². The lowest BCUT2D eigenvalue weighted by molar-refractivity contribution is -0.159. The molecule has 6 bridgehead atoms. The van der Waals surface area contributed by atoms with E-state index in [0.29, 0.717) is 48.6 Å². The molecule has 1 aliphatic rings. The summed E-state index contributed by atoms with van der Waals surface area (Å²) >= 11 is 0. The summed E-state index contributed by atoms with van der Waals surface area (Å²) in [4.78, 5) is 66.1. The Bertz CT molecular complexity index is 1980. The van der Waals surface area contributed by atoms with Crippen LogP contribution < -0.4 is 0 Å². The van der Waals surface area contributed by atoms with Crippen molar-refractivity contribution < 1.29 is 56.5 Å². The molecule has 3 aromatic rings. The molecule has 1 amide bonds. The maximum absolute atomic E-state index is 13.5. The second kappa shape index (κ2) is 24.0. The molecule has 62 heavy (non-hydrogen) atoms. The molecule has 0 aliphatic carbocycles. The van der Waals surface area contributed by atoms with Gasteiger partial charge in [0.05, 0.1) is 36.5 Å². The number of hydrogen-bond donors (Lipinski definition) is 1. The fraction of sp³-hybridized carbons (Fsp3) is 0.587. The van der Waals surface area contributed by atoms with Crippen molar-refractivity contribution in [3.63, 3.8) is 0 Å². The highest BCUT2D eigenvalue weighted by molar-refractivity contribution is 5.92. The molecule has 0 saturated heterocycles. The predicted octanol–water partition coefficient (Wildman–Crippen LogP) is 7.25. The van der Waals surface area contributed by atoms with Gasteiger partial charge in [-0.3, -0.25) is 19.2 Å². The summed E-state index contributed by atoms with van der Waals surface area (Å²) in [5.74, 6) is -1.81. The minimum atomic E-state index is -1.10. The molecule has 0 fully saturated rings. The average Bonchev–Trinajstić information content (AvgIpc) is 4.06. The van der Waals surface area contributed by atoms with Gasteiger partial charge in [-0.05, 0) is 37.3 Å². The van der Waals surface area contributed by atoms with E-state index in [9.17, 15) is 24.3 Å². The number of carbonyl (C=O) groups excluding carboxylic acids is 4. The van der Waals surface area contributed by atoms with Crippen LogP contribution in [0.25, 0.3) is 29.2 Å². The summed E-state index contributed by atoms with van der Waals surface area (Å²) in [5, 5.41) is 10.9. The van der Waals surface area contributed by atoms with Crippen LogP contribution in [0.15, 0.2) is 62.5 Å². The van der Waals surface area contributed by atoms with E-state index >= 15 is 0 Å². The average molecular weight is 865 g/mol. The molecular weight excluding hydrogens is 801 g/mol. The van der Waals surface area contributed by atoms with E-state index in [-0.39, 0.29) is 72.4 Å². The second-order valence-electron chi connectivity index (χ2n) is 16.4. The first-order valence-corrected chi connectivity index (χ1v) is 21.2. The number of aliphatic hydroxyl groups excluding tert-OH is 1. The van der Waals surface area contributed by atoms with Gasteiger partial charge < -0.3 is 42.2 Å². The molecular formula is C46H64N4O12. The molecule has 3 aromatic heterocycles. The summed E-state index contributed by atoms with van der Waals surface area (Å²) in [5.41, 5.74) is 1.27. The van der Waals surface area contributed by atoms with E-state index in [4.69, 9.17) is 32.2 Å². The van der Waals surface area contributed by atoms with Crippen LogP contribution in [0.1, 0.15) is 97.6 Å². The van der Waals surface area contributed by atoms with Crippen molar-refractivity contribution in [2.24, 2.45) is 29.6 Å². The third-order valence-corrected chi connectivity index (χ3v) is 12.0. The van der Waals surface area contributed by atoms with Crippen LogP contribution in [0.3, 0.4) is 0 Å². The van der Waals surface area contributed by atoms with E-state index in [1.165, 1.54) is 29.8 Å². The standard InChI is InChI=1S/C46H64N4O12/c1-27(17-18-38(54)31(5)44(58-10)28(2)19-20-50(7)26-51)40(57-9)22-41-32(6)39(56-8)15-12-16-42-47-35(24-59-42)45-49-36(25-61-45)46-48-34(23-60-46)29(3)30(4)37(53)14-11-13-33(52)21-43(55)62-41/h11-12,14,16,19-20,23-33,39-41,44,52H,13,15,17-18,21-22H2,1-10H3/b14-11+,16-12+,20-19+/t27-,28+,29-,30+,31-,32+,33-,39-,40-,41-,44+/m0/s1. The number of aliphatic hydroxyl groups is 1. The quantitative estimate of drug-likeness (QED) is 0.118. The number of carbonyl (C=O) groups is 4. The summed E-state index contributed by atoms with van der Waals surface area (Å²) < 4.78 is 40.8. The van der Waals surface area contributed by atoms with Crippen LogP contribution in [0.4, 0.5) is 0 Å². The largest absolute Gasteiger partial charge is 0.462 e. The molecule has 0 saturated carbocycles. The van der Waals surface area contributed by atoms with Crippen molar-refractivity contribution >= 4 is 30.0 Å². The first kappa shape index (κ1) is 49.6. The lowest BCUT2D eigenvalue weighted by Crippen LogP contribution is -2.39. The van der Waals surface area contributed by atoms with Gasteiger partial charge in [-0.1, -0.05) is 59.8 Å². The molecule has 16 nitrogen and oxygen atoms in total. The number of esters is 1. The number of ketones is 2. The second-order valence-corrected chi connectivity index (χ2v) is 16.4. The van der Waals surface area contributed by atoms with Gasteiger partial charge >= 0.3 is 5.97 Å². The van der Waals surface area contributed by atoms with Gasteiger partial charge in [0.1, 0.15) is 30.7 Å². The molecule has 0 radical (unpaired) electrons. The van der Waals surface area contributed by atoms with E-state index in [1.807, 2.05) is 46.8 Å². The van der Waals surface area contributed by atoms with Crippen LogP contribution in [0.5, 0.6) is 0 Å². The van der Waals surface area contributed by atoms with Gasteiger partial charge in [-0.15, -0.1) is 0 Å². The number of methoxy groups -OCH3 is 3. The molecule has 1 aliphatic heterocycles. The minimum Gasteiger partial charge on any atom is -0.462 e. The zero-order chi connectivity index (χ0) is 45.5. The van der Waals surface area contributed by atoms with Crippen molar-refractivity contribution in [2.75, 3.05) is 28.4 Å². The molecule has 4 heterocycles. The Morgan fingerprint density at radius 2 is 1.60 bits per heavy atom. The number of ether oxygens (including phenoxy) is 4. The summed E-state index contributed by atoms with van der Waals surface area (Å²) in [6, 6.07) is 0. The van der Waals surface area contributed by atoms with Crippen LogP contribution in [0.2, 0.25) is 0 Å². The van der Waals surface area contributed by atoms with Crippen LogP contribution in [0, 0.1) is 29.6 Å². The molecule has 0 aromatic carbocycles. The molecule has 1 N–H and O–H groups in total. The Balaban J connectivity index is 1.53. The number of rotatable bonds is 15. The predicted molar refractivity (Wildman–Crippen MR) is 229 cm³/mol. The number of nitrogens with zero attached hydrogens (tertiary/aromatic N) is 4.